The van der Waals surface area contributed by atoms with Crippen molar-refractivity contribution >= 4 is 11.7 Å². The van der Waals surface area contributed by atoms with E-state index >= 15 is 0 Å². The highest BCUT2D eigenvalue weighted by Gasteiger charge is 2.48. The van der Waals surface area contributed by atoms with Crippen molar-refractivity contribution in [1.82, 2.24) is 4.90 Å². The lowest BCUT2D eigenvalue weighted by atomic mass is 9.82. The number of hydrogen-bond donors (Lipinski definition) is 1. The number of benzene rings is 1. The topological polar surface area (TPSA) is 66.8 Å². The van der Waals surface area contributed by atoms with Crippen LogP contribution in [0, 0.1) is 5.41 Å². The van der Waals surface area contributed by atoms with Crippen LogP contribution >= 0.6 is 0 Å². The van der Waals surface area contributed by atoms with Gasteiger partial charge in [-0.15, -0.1) is 0 Å². The molecule has 1 aliphatic heterocycles. The molecule has 5 heteroatoms. The van der Waals surface area contributed by atoms with Gasteiger partial charge < -0.3 is 14.7 Å². The molecule has 3 rings (SSSR count). The molecule has 26 heavy (non-hydrogen) atoms. The molecule has 2 aliphatic rings. The highest BCUT2D eigenvalue weighted by molar-refractivity contribution is 6.10. The van der Waals surface area contributed by atoms with E-state index in [1.54, 1.807) is 32.8 Å². The molecule has 1 amide bonds. The second-order valence-corrected chi connectivity index (χ2v) is 8.17. The quantitative estimate of drug-likeness (QED) is 0.886. The summed E-state index contributed by atoms with van der Waals surface area (Å²) in [6.07, 6.45) is 3.91. The van der Waals surface area contributed by atoms with E-state index in [1.165, 1.54) is 0 Å². The van der Waals surface area contributed by atoms with Crippen molar-refractivity contribution in [2.24, 2.45) is 5.41 Å². The van der Waals surface area contributed by atoms with E-state index in [9.17, 15) is 14.7 Å². The SMILES string of the molecule is COc1cccc(C2C(C(=O)C(C)(C)C)=C(O)C(=O)N2C2CCCC2)c1. The second kappa shape index (κ2) is 6.78. The zero-order chi connectivity index (χ0) is 19.1. The molecule has 1 aliphatic carbocycles. The van der Waals surface area contributed by atoms with E-state index in [0.29, 0.717) is 5.75 Å². The predicted molar refractivity (Wildman–Crippen MR) is 99.0 cm³/mol. The van der Waals surface area contributed by atoms with Crippen molar-refractivity contribution in [3.05, 3.63) is 41.2 Å². The van der Waals surface area contributed by atoms with Gasteiger partial charge in [0.05, 0.1) is 18.7 Å². The minimum Gasteiger partial charge on any atom is -0.503 e. The fourth-order valence-corrected chi connectivity index (χ4v) is 3.96. The Bertz CT molecular complexity index is 754. The molecular weight excluding hydrogens is 330 g/mol. The second-order valence-electron chi connectivity index (χ2n) is 8.17. The summed E-state index contributed by atoms with van der Waals surface area (Å²) in [6.45, 7) is 5.42. The van der Waals surface area contributed by atoms with Gasteiger partial charge in [0.25, 0.3) is 5.91 Å². The number of methoxy groups -OCH3 is 1. The van der Waals surface area contributed by atoms with Gasteiger partial charge in [0.15, 0.2) is 11.5 Å². The first kappa shape index (κ1) is 18.5. The molecule has 1 unspecified atom stereocenters. The van der Waals surface area contributed by atoms with E-state index in [2.05, 4.69) is 0 Å². The van der Waals surface area contributed by atoms with Crippen LogP contribution in [0.4, 0.5) is 0 Å². The molecule has 1 N–H and O–H groups in total. The number of hydrogen-bond acceptors (Lipinski definition) is 4. The fraction of sp³-hybridized carbons (Fsp3) is 0.524. The molecule has 5 nitrogen and oxygen atoms in total. The average Bonchev–Trinajstić information content (AvgIpc) is 3.21. The molecule has 1 heterocycles. The van der Waals surface area contributed by atoms with E-state index in [4.69, 9.17) is 4.74 Å². The normalized spacial score (nSPS) is 21.6. The molecule has 1 saturated carbocycles. The molecule has 1 aromatic rings. The number of ether oxygens (including phenoxy) is 1. The fourth-order valence-electron chi connectivity index (χ4n) is 3.96. The molecule has 1 atom stereocenters. The van der Waals surface area contributed by atoms with Crippen LogP contribution < -0.4 is 4.74 Å². The van der Waals surface area contributed by atoms with Crippen molar-refractivity contribution in [2.45, 2.75) is 58.5 Å². The molecule has 0 aromatic heterocycles. The van der Waals surface area contributed by atoms with Crippen molar-refractivity contribution < 1.29 is 19.4 Å². The zero-order valence-corrected chi connectivity index (χ0v) is 15.9. The number of nitrogens with zero attached hydrogens (tertiary/aromatic N) is 1. The van der Waals surface area contributed by atoms with Crippen molar-refractivity contribution in [2.75, 3.05) is 7.11 Å². The molecule has 0 saturated heterocycles. The minimum atomic E-state index is -0.688. The maximum atomic E-state index is 13.1. The van der Waals surface area contributed by atoms with E-state index in [-0.39, 0.29) is 17.4 Å². The highest BCUT2D eigenvalue weighted by Crippen LogP contribution is 2.44. The lowest BCUT2D eigenvalue weighted by Crippen LogP contribution is -2.39. The standard InChI is InChI=1S/C21H27NO4/c1-21(2,3)19(24)16-17(13-8-7-11-15(12-13)26-4)22(20(25)18(16)23)14-9-5-6-10-14/h7-8,11-12,14,17,23H,5-6,9-10H2,1-4H3. The minimum absolute atomic E-state index is 0.0473. The Morgan fingerprint density at radius 3 is 2.46 bits per heavy atom. The maximum Gasteiger partial charge on any atom is 0.290 e. The van der Waals surface area contributed by atoms with Gasteiger partial charge in [-0.3, -0.25) is 9.59 Å². The third-order valence-corrected chi connectivity index (χ3v) is 5.30. The zero-order valence-electron chi connectivity index (χ0n) is 15.9. The van der Waals surface area contributed by atoms with Crippen LogP contribution in [0.2, 0.25) is 0 Å². The summed E-state index contributed by atoms with van der Waals surface area (Å²) in [4.78, 5) is 27.7. The van der Waals surface area contributed by atoms with Gasteiger partial charge in [0, 0.05) is 11.5 Å². The predicted octanol–water partition coefficient (Wildman–Crippen LogP) is 3.95. The first-order chi connectivity index (χ1) is 12.3. The van der Waals surface area contributed by atoms with Crippen molar-refractivity contribution in [3.8, 4) is 5.75 Å². The van der Waals surface area contributed by atoms with E-state index in [1.807, 2.05) is 24.3 Å². The van der Waals surface area contributed by atoms with E-state index < -0.39 is 23.1 Å². The third kappa shape index (κ3) is 3.11. The maximum absolute atomic E-state index is 13.1. The summed E-state index contributed by atoms with van der Waals surface area (Å²) in [7, 11) is 1.59. The molecule has 0 radical (unpaired) electrons. The summed E-state index contributed by atoms with van der Waals surface area (Å²) < 4.78 is 5.32. The summed E-state index contributed by atoms with van der Waals surface area (Å²) >= 11 is 0. The van der Waals surface area contributed by atoms with Gasteiger partial charge in [0.2, 0.25) is 0 Å². The number of aliphatic hydroxyl groups is 1. The molecule has 0 bridgehead atoms. The summed E-state index contributed by atoms with van der Waals surface area (Å²) in [5, 5.41) is 10.6. The lowest BCUT2D eigenvalue weighted by Gasteiger charge is -2.33. The van der Waals surface area contributed by atoms with Gasteiger partial charge in [-0.1, -0.05) is 45.7 Å². The van der Waals surface area contributed by atoms with E-state index in [0.717, 1.165) is 31.2 Å². The average molecular weight is 357 g/mol. The van der Waals surface area contributed by atoms with Gasteiger partial charge >= 0.3 is 0 Å². The van der Waals surface area contributed by atoms with Crippen LogP contribution in [0.3, 0.4) is 0 Å². The van der Waals surface area contributed by atoms with Crippen LogP contribution in [0.1, 0.15) is 58.1 Å². The van der Waals surface area contributed by atoms with Gasteiger partial charge in [-0.05, 0) is 30.5 Å². The number of carbonyl (C=O) groups excluding carboxylic acids is 2. The Kier molecular flexibility index (Phi) is 4.82. The third-order valence-electron chi connectivity index (χ3n) is 5.30. The van der Waals surface area contributed by atoms with Crippen molar-refractivity contribution in [1.29, 1.82) is 0 Å². The Hall–Kier alpha value is -2.30. The van der Waals surface area contributed by atoms with Crippen LogP contribution in [0.5, 0.6) is 5.75 Å². The first-order valence-electron chi connectivity index (χ1n) is 9.20. The largest absolute Gasteiger partial charge is 0.503 e. The molecule has 1 fully saturated rings. The smallest absolute Gasteiger partial charge is 0.290 e. The molecular formula is C21H27NO4. The Morgan fingerprint density at radius 1 is 1.23 bits per heavy atom. The number of amides is 1. The lowest BCUT2D eigenvalue weighted by molar-refractivity contribution is -0.131. The molecule has 140 valence electrons. The van der Waals surface area contributed by atoms with Crippen LogP contribution in [-0.2, 0) is 9.59 Å². The monoisotopic (exact) mass is 357 g/mol. The summed E-state index contributed by atoms with van der Waals surface area (Å²) in [6, 6.07) is 6.89. The van der Waals surface area contributed by atoms with Crippen LogP contribution in [0.25, 0.3) is 0 Å². The number of aliphatic hydroxyl groups excluding tert-OH is 1. The Balaban J connectivity index is 2.13. The summed E-state index contributed by atoms with van der Waals surface area (Å²) in [5.41, 5.74) is 0.316. The molecule has 0 spiro atoms. The Morgan fingerprint density at radius 2 is 1.88 bits per heavy atom. The highest BCUT2D eigenvalue weighted by atomic mass is 16.5. The van der Waals surface area contributed by atoms with Gasteiger partial charge in [-0.25, -0.2) is 0 Å². The summed E-state index contributed by atoms with van der Waals surface area (Å²) in [5.74, 6) is -0.367. The van der Waals surface area contributed by atoms with Gasteiger partial charge in [0.1, 0.15) is 5.75 Å². The van der Waals surface area contributed by atoms with Gasteiger partial charge in [-0.2, -0.15) is 0 Å². The molecule has 1 aromatic carbocycles. The number of rotatable bonds is 4. The number of Topliss-reactive ketones (excluding diaryl/α,β-unsaturated/α-hetero) is 1. The van der Waals surface area contributed by atoms with Crippen LogP contribution in [-0.4, -0.2) is 34.8 Å². The van der Waals surface area contributed by atoms with Crippen LogP contribution in [0.15, 0.2) is 35.6 Å². The Labute approximate surface area is 154 Å². The number of ketones is 1. The first-order valence-corrected chi connectivity index (χ1v) is 9.20. The number of carbonyl (C=O) groups is 2. The van der Waals surface area contributed by atoms with Crippen molar-refractivity contribution in [3.63, 3.8) is 0 Å².